The van der Waals surface area contributed by atoms with Crippen LogP contribution >= 0.6 is 23.2 Å². The number of halogens is 2. The molecule has 0 radical (unpaired) electrons. The minimum Gasteiger partial charge on any atom is -0.388 e. The highest BCUT2D eigenvalue weighted by molar-refractivity contribution is 6.52. The van der Waals surface area contributed by atoms with Crippen molar-refractivity contribution < 1.29 is 14.3 Å². The van der Waals surface area contributed by atoms with Crippen molar-refractivity contribution in [1.29, 1.82) is 5.26 Å². The molecule has 2 rings (SSSR count). The highest BCUT2D eigenvalue weighted by atomic mass is 35.5. The Balaban J connectivity index is 2.75. The molecular weight excluding hydrogens is 341 g/mol. The lowest BCUT2D eigenvalue weighted by Gasteiger charge is -2.35. The van der Waals surface area contributed by atoms with Crippen molar-refractivity contribution in [2.45, 2.75) is 10.00 Å². The van der Waals surface area contributed by atoms with Gasteiger partial charge in [0, 0.05) is 5.57 Å². The molecule has 1 aliphatic carbocycles. The first-order chi connectivity index (χ1) is 11.0. The van der Waals surface area contributed by atoms with Crippen LogP contribution in [-0.4, -0.2) is 22.2 Å². The number of nitriles is 1. The number of allylic oxidation sites excluding steroid dienone is 2. The zero-order valence-corrected chi connectivity index (χ0v) is 12.9. The lowest BCUT2D eigenvalue weighted by molar-refractivity contribution is 0.316. The van der Waals surface area contributed by atoms with Gasteiger partial charge in [0.15, 0.2) is 5.76 Å². The maximum Gasteiger partial charge on any atom is 0.292 e. The summed E-state index contributed by atoms with van der Waals surface area (Å²) in [5.74, 6) is -0.213. The first kappa shape index (κ1) is 16.7. The molecule has 6 nitrogen and oxygen atoms in total. The normalized spacial score (nSPS) is 21.6. The number of hydrogen-bond acceptors (Lipinski definition) is 6. The van der Waals surface area contributed by atoms with Gasteiger partial charge in [0.2, 0.25) is 22.2 Å². The maximum absolute atomic E-state index is 10.7. The SMILES string of the molecule is N#COC1=C(c2ccccc2)C=CC(N=C=O)(N=C=O)C1(Cl)Cl. The van der Waals surface area contributed by atoms with Gasteiger partial charge < -0.3 is 4.74 Å². The Hall–Kier alpha value is -2.67. The molecule has 8 heteroatoms. The van der Waals surface area contributed by atoms with E-state index < -0.39 is 10.00 Å². The van der Waals surface area contributed by atoms with E-state index in [9.17, 15) is 9.59 Å². The molecule has 1 aromatic rings. The van der Waals surface area contributed by atoms with E-state index >= 15 is 0 Å². The summed E-state index contributed by atoms with van der Waals surface area (Å²) in [4.78, 5) is 28.2. The van der Waals surface area contributed by atoms with Crippen molar-refractivity contribution in [2.75, 3.05) is 0 Å². The van der Waals surface area contributed by atoms with Crippen LogP contribution < -0.4 is 0 Å². The number of carbonyl (C=O) groups excluding carboxylic acids is 2. The fraction of sp³-hybridized carbons (Fsp3) is 0.133. The van der Waals surface area contributed by atoms with Crippen LogP contribution in [0.15, 0.2) is 58.2 Å². The van der Waals surface area contributed by atoms with Crippen LogP contribution in [0.25, 0.3) is 5.57 Å². The van der Waals surface area contributed by atoms with E-state index in [1.807, 2.05) is 0 Å². The molecule has 0 saturated heterocycles. The highest BCUT2D eigenvalue weighted by Gasteiger charge is 2.56. The largest absolute Gasteiger partial charge is 0.388 e. The minimum absolute atomic E-state index is 0.213. The van der Waals surface area contributed by atoms with Crippen LogP contribution in [0.4, 0.5) is 0 Å². The summed E-state index contributed by atoms with van der Waals surface area (Å²) in [6, 6.07) is 8.80. The standard InChI is InChI=1S/C15H7Cl2N3O3/c16-15(17)13(23-8-18)12(11-4-2-1-3-5-11)6-7-14(15,19-9-21)20-10-22/h1-7H. The average Bonchev–Trinajstić information content (AvgIpc) is 2.54. The third-order valence-corrected chi connectivity index (χ3v) is 4.04. The van der Waals surface area contributed by atoms with Crippen LogP contribution in [0.2, 0.25) is 0 Å². The fourth-order valence-corrected chi connectivity index (χ4v) is 2.68. The van der Waals surface area contributed by atoms with Crippen molar-refractivity contribution in [1.82, 2.24) is 0 Å². The molecule has 114 valence electrons. The number of rotatable bonds is 4. The molecule has 1 aliphatic rings. The Morgan fingerprint density at radius 1 is 1.09 bits per heavy atom. The topological polar surface area (TPSA) is 91.9 Å². The van der Waals surface area contributed by atoms with Crippen molar-refractivity contribution in [3.05, 3.63) is 53.8 Å². The summed E-state index contributed by atoms with van der Waals surface area (Å²) < 4.78 is 2.78. The number of ether oxygens (including phenoxy) is 1. The van der Waals surface area contributed by atoms with Gasteiger partial charge in [0.25, 0.3) is 6.26 Å². The molecule has 1 aromatic carbocycles. The van der Waals surface area contributed by atoms with E-state index in [2.05, 4.69) is 9.98 Å². The quantitative estimate of drug-likeness (QED) is 0.362. The number of alkyl halides is 2. The number of aliphatic imine (C=N–C) groups is 2. The van der Waals surface area contributed by atoms with Gasteiger partial charge in [-0.1, -0.05) is 59.6 Å². The summed E-state index contributed by atoms with van der Waals surface area (Å²) in [5.41, 5.74) is -0.988. The number of benzene rings is 1. The van der Waals surface area contributed by atoms with Crippen LogP contribution in [0.5, 0.6) is 0 Å². The maximum atomic E-state index is 10.7. The van der Waals surface area contributed by atoms with Crippen molar-refractivity contribution in [2.24, 2.45) is 9.98 Å². The molecule has 0 aromatic heterocycles. The predicted octanol–water partition coefficient (Wildman–Crippen LogP) is 3.01. The van der Waals surface area contributed by atoms with E-state index in [-0.39, 0.29) is 5.76 Å². The Kier molecular flexibility index (Phi) is 4.80. The van der Waals surface area contributed by atoms with E-state index in [1.165, 1.54) is 30.6 Å². The van der Waals surface area contributed by atoms with Gasteiger partial charge in [-0.15, -0.1) is 5.26 Å². The molecule has 0 atom stereocenters. The number of isocyanates is 2. The van der Waals surface area contributed by atoms with Gasteiger partial charge in [0.05, 0.1) is 0 Å². The summed E-state index contributed by atoms with van der Waals surface area (Å²) in [7, 11) is 0. The van der Waals surface area contributed by atoms with E-state index in [0.717, 1.165) is 0 Å². The first-order valence-corrected chi connectivity index (χ1v) is 6.89. The lowest BCUT2D eigenvalue weighted by Crippen LogP contribution is -2.45. The van der Waals surface area contributed by atoms with Gasteiger partial charge in [-0.2, -0.15) is 9.98 Å². The van der Waals surface area contributed by atoms with Crippen molar-refractivity contribution in [3.8, 4) is 6.26 Å². The predicted molar refractivity (Wildman–Crippen MR) is 82.6 cm³/mol. The number of nitrogens with zero attached hydrogens (tertiary/aromatic N) is 3. The molecule has 0 aliphatic heterocycles. The molecule has 0 fully saturated rings. The molecule has 0 heterocycles. The summed E-state index contributed by atoms with van der Waals surface area (Å²) in [6.45, 7) is 0. The average molecular weight is 348 g/mol. The van der Waals surface area contributed by atoms with Crippen LogP contribution in [0, 0.1) is 11.5 Å². The molecule has 0 unspecified atom stereocenters. The lowest BCUT2D eigenvalue weighted by atomic mass is 9.91. The molecule has 0 amide bonds. The first-order valence-electron chi connectivity index (χ1n) is 6.13. The highest BCUT2D eigenvalue weighted by Crippen LogP contribution is 2.50. The van der Waals surface area contributed by atoms with Crippen molar-refractivity contribution >= 4 is 40.9 Å². The molecule has 23 heavy (non-hydrogen) atoms. The van der Waals surface area contributed by atoms with Gasteiger partial charge in [0.1, 0.15) is 0 Å². The van der Waals surface area contributed by atoms with Crippen molar-refractivity contribution in [3.63, 3.8) is 0 Å². The Morgan fingerprint density at radius 2 is 1.70 bits per heavy atom. The molecule has 0 bridgehead atoms. The second-order valence-electron chi connectivity index (χ2n) is 4.34. The van der Waals surface area contributed by atoms with E-state index in [4.69, 9.17) is 33.2 Å². The fourth-order valence-electron chi connectivity index (χ4n) is 2.10. The third-order valence-electron chi connectivity index (χ3n) is 3.14. The molecule has 0 spiro atoms. The summed E-state index contributed by atoms with van der Waals surface area (Å²) in [5, 5.41) is 8.88. The Morgan fingerprint density at radius 3 is 2.22 bits per heavy atom. The zero-order valence-electron chi connectivity index (χ0n) is 11.4. The Labute approximate surface area is 141 Å². The monoisotopic (exact) mass is 347 g/mol. The molecular formula is C15H7Cl2N3O3. The second kappa shape index (κ2) is 6.62. The smallest absolute Gasteiger partial charge is 0.292 e. The van der Waals surface area contributed by atoms with Crippen LogP contribution in [0.1, 0.15) is 5.56 Å². The van der Waals surface area contributed by atoms with Crippen LogP contribution in [0.3, 0.4) is 0 Å². The summed E-state index contributed by atoms with van der Waals surface area (Å²) >= 11 is 12.6. The van der Waals surface area contributed by atoms with Gasteiger partial charge in [-0.25, -0.2) is 9.59 Å². The van der Waals surface area contributed by atoms with Crippen LogP contribution in [-0.2, 0) is 14.3 Å². The second-order valence-corrected chi connectivity index (χ2v) is 5.67. The van der Waals surface area contributed by atoms with E-state index in [1.54, 1.807) is 30.3 Å². The minimum atomic E-state index is -2.13. The zero-order chi connectivity index (χ0) is 16.9. The van der Waals surface area contributed by atoms with E-state index in [0.29, 0.717) is 11.1 Å². The van der Waals surface area contributed by atoms with Gasteiger partial charge in [-0.05, 0) is 11.6 Å². The van der Waals surface area contributed by atoms with Gasteiger partial charge in [-0.3, -0.25) is 0 Å². The molecule has 0 N–H and O–H groups in total. The summed E-state index contributed by atoms with van der Waals surface area (Å²) in [6.07, 6.45) is 6.68. The van der Waals surface area contributed by atoms with Gasteiger partial charge >= 0.3 is 0 Å². The Bertz CT molecular complexity index is 794. The number of hydrogen-bond donors (Lipinski definition) is 0. The molecule has 0 saturated carbocycles. The third kappa shape index (κ3) is 2.83.